The number of nitrogens with two attached hydrogens (primary N) is 1. The molecule has 1 aromatic heterocycles. The van der Waals surface area contributed by atoms with Gasteiger partial charge >= 0.3 is 0 Å². The lowest BCUT2D eigenvalue weighted by Crippen LogP contribution is -1.95. The summed E-state index contributed by atoms with van der Waals surface area (Å²) >= 11 is 0. The van der Waals surface area contributed by atoms with Gasteiger partial charge in [0.1, 0.15) is 0 Å². The average molecular weight is 126 g/mol. The van der Waals surface area contributed by atoms with Gasteiger partial charge in [0, 0.05) is 12.3 Å². The van der Waals surface area contributed by atoms with Crippen molar-refractivity contribution >= 4 is 5.95 Å². The zero-order valence-corrected chi connectivity index (χ0v) is 4.74. The Morgan fingerprint density at radius 3 is 3.44 bits per heavy atom. The molecule has 1 heterocycles. The molecule has 0 saturated heterocycles. The van der Waals surface area contributed by atoms with E-state index in [-0.39, 0.29) is 13.0 Å². The van der Waals surface area contributed by atoms with E-state index in [1.165, 1.54) is 6.20 Å². The first-order chi connectivity index (χ1) is 4.83. The predicted octanol–water partition coefficient (Wildman–Crippen LogP) is 0.0674. The van der Waals surface area contributed by atoms with E-state index in [9.17, 15) is 0 Å². The number of nitrogen functional groups attached to an aromatic ring is 1. The Bertz CT molecular complexity index is 218. The van der Waals surface area contributed by atoms with Crippen molar-refractivity contribution in [3.05, 3.63) is 12.3 Å². The highest BCUT2D eigenvalue weighted by molar-refractivity contribution is 5.20. The van der Waals surface area contributed by atoms with Gasteiger partial charge in [0.2, 0.25) is 11.8 Å². The minimum Gasteiger partial charge on any atom is -0.481 e. The molecule has 9 heavy (non-hydrogen) atoms. The molecule has 1 aromatic rings. The van der Waals surface area contributed by atoms with Crippen molar-refractivity contribution in [2.24, 2.45) is 0 Å². The summed E-state index contributed by atoms with van der Waals surface area (Å²) in [4.78, 5) is 7.33. The van der Waals surface area contributed by atoms with Crippen molar-refractivity contribution in [2.45, 2.75) is 0 Å². The minimum absolute atomic E-state index is 0.156. The second-order valence-electron chi connectivity index (χ2n) is 1.40. The third kappa shape index (κ3) is 1.28. The molecule has 0 aliphatic carbocycles. The van der Waals surface area contributed by atoms with Gasteiger partial charge in [-0.25, -0.2) is 4.98 Å². The van der Waals surface area contributed by atoms with Gasteiger partial charge in [-0.1, -0.05) is 0 Å². The molecule has 0 bridgehead atoms. The second-order valence-corrected chi connectivity index (χ2v) is 1.40. The molecule has 1 rings (SSSR count). The summed E-state index contributed by atoms with van der Waals surface area (Å²) < 4.78 is 11.4. The van der Waals surface area contributed by atoms with Crippen molar-refractivity contribution in [1.82, 2.24) is 9.97 Å². The van der Waals surface area contributed by atoms with Crippen LogP contribution in [0.4, 0.5) is 5.95 Å². The van der Waals surface area contributed by atoms with E-state index in [1.807, 2.05) is 0 Å². The Labute approximate surface area is 54.1 Å². The van der Waals surface area contributed by atoms with E-state index in [2.05, 4.69) is 9.97 Å². The van der Waals surface area contributed by atoms with E-state index >= 15 is 0 Å². The number of aromatic nitrogens is 2. The molecule has 4 heteroatoms. The normalized spacial score (nSPS) is 10.4. The monoisotopic (exact) mass is 126 g/mol. The lowest BCUT2D eigenvalue weighted by molar-refractivity contribution is 0.397. The summed E-state index contributed by atoms with van der Waals surface area (Å²) in [6, 6.07) is 1.55. The highest BCUT2D eigenvalue weighted by Gasteiger charge is 1.90. The third-order valence-electron chi connectivity index (χ3n) is 0.797. The number of rotatable bonds is 1. The molecular weight excluding hydrogens is 118 g/mol. The van der Waals surface area contributed by atoms with Gasteiger partial charge in [-0.15, -0.1) is 0 Å². The Kier molecular flexibility index (Phi) is 1.16. The molecule has 2 N–H and O–H groups in total. The topological polar surface area (TPSA) is 61.0 Å². The SMILES string of the molecule is [2H]COc1ccnc(N)n1. The fourth-order valence-corrected chi connectivity index (χ4v) is 0.437. The van der Waals surface area contributed by atoms with Gasteiger partial charge in [0.05, 0.1) is 8.46 Å². The first kappa shape index (κ1) is 4.55. The van der Waals surface area contributed by atoms with Crippen molar-refractivity contribution in [2.75, 3.05) is 12.8 Å². The van der Waals surface area contributed by atoms with Crippen LogP contribution in [-0.4, -0.2) is 17.1 Å². The summed E-state index contributed by atoms with van der Waals surface area (Å²) in [7, 11) is -0.156. The lowest BCUT2D eigenvalue weighted by atomic mass is 10.6. The van der Waals surface area contributed by atoms with E-state index in [0.29, 0.717) is 5.88 Å². The Morgan fingerprint density at radius 1 is 1.89 bits per heavy atom. The molecule has 0 fully saturated rings. The smallest absolute Gasteiger partial charge is 0.223 e. The molecule has 0 radical (unpaired) electrons. The number of anilines is 1. The maximum atomic E-state index is 6.69. The van der Waals surface area contributed by atoms with Gasteiger partial charge in [0.15, 0.2) is 0 Å². The maximum Gasteiger partial charge on any atom is 0.223 e. The summed E-state index contributed by atoms with van der Waals surface area (Å²) in [5.41, 5.74) is 5.23. The molecule has 4 nitrogen and oxygen atoms in total. The Balaban J connectivity index is 2.75. The largest absolute Gasteiger partial charge is 0.481 e. The van der Waals surface area contributed by atoms with Crippen molar-refractivity contribution < 1.29 is 6.11 Å². The first-order valence-corrected chi connectivity index (χ1v) is 2.33. The van der Waals surface area contributed by atoms with E-state index in [1.54, 1.807) is 6.07 Å². The number of hydrogen-bond donors (Lipinski definition) is 1. The quantitative estimate of drug-likeness (QED) is 0.578. The summed E-state index contributed by atoms with van der Waals surface area (Å²) in [6.07, 6.45) is 1.48. The van der Waals surface area contributed by atoms with Crippen LogP contribution in [0.15, 0.2) is 12.3 Å². The van der Waals surface area contributed by atoms with Gasteiger partial charge in [0.25, 0.3) is 0 Å². The summed E-state index contributed by atoms with van der Waals surface area (Å²) in [5.74, 6) is 0.494. The molecule has 0 aliphatic heterocycles. The van der Waals surface area contributed by atoms with Crippen molar-refractivity contribution in [1.29, 1.82) is 0 Å². The first-order valence-electron chi connectivity index (χ1n) is 3.04. The number of hydrogen-bond acceptors (Lipinski definition) is 4. The van der Waals surface area contributed by atoms with Crippen LogP contribution in [0.3, 0.4) is 0 Å². The summed E-state index contributed by atoms with van der Waals surface area (Å²) in [5, 5.41) is 0. The van der Waals surface area contributed by atoms with Crippen LogP contribution < -0.4 is 10.5 Å². The maximum absolute atomic E-state index is 6.69. The van der Waals surface area contributed by atoms with E-state index < -0.39 is 0 Å². The summed E-state index contributed by atoms with van der Waals surface area (Å²) in [6.45, 7) is 0. The third-order valence-corrected chi connectivity index (χ3v) is 0.797. The molecule has 0 atom stereocenters. The highest BCUT2D eigenvalue weighted by Crippen LogP contribution is 2.02. The van der Waals surface area contributed by atoms with E-state index in [0.717, 1.165) is 0 Å². The fraction of sp³-hybridized carbons (Fsp3) is 0.200. The van der Waals surface area contributed by atoms with E-state index in [4.69, 9.17) is 11.8 Å². The number of ether oxygens (including phenoxy) is 1. The molecule has 0 aliphatic rings. The average Bonchev–Trinajstić information content (AvgIpc) is 1.88. The predicted molar refractivity (Wildman–Crippen MR) is 33.0 cm³/mol. The molecule has 48 valence electrons. The second kappa shape index (κ2) is 2.30. The van der Waals surface area contributed by atoms with Crippen LogP contribution in [0.25, 0.3) is 0 Å². The van der Waals surface area contributed by atoms with Crippen LogP contribution in [0.5, 0.6) is 5.88 Å². The zero-order valence-electron chi connectivity index (χ0n) is 5.74. The lowest BCUT2D eigenvalue weighted by Gasteiger charge is -1.95. The van der Waals surface area contributed by atoms with Crippen LogP contribution >= 0.6 is 0 Å². The molecule has 0 unspecified atom stereocenters. The van der Waals surface area contributed by atoms with Crippen molar-refractivity contribution in [3.63, 3.8) is 0 Å². The molecule has 0 saturated carbocycles. The van der Waals surface area contributed by atoms with Gasteiger partial charge in [-0.3, -0.25) is 0 Å². The van der Waals surface area contributed by atoms with Crippen molar-refractivity contribution in [3.8, 4) is 5.88 Å². The highest BCUT2D eigenvalue weighted by atomic mass is 16.5. The van der Waals surface area contributed by atoms with Gasteiger partial charge in [-0.2, -0.15) is 4.98 Å². The molecule has 0 aromatic carbocycles. The van der Waals surface area contributed by atoms with Gasteiger partial charge < -0.3 is 10.5 Å². The Hall–Kier alpha value is -1.32. The molecular formula is C5H7N3O. The number of methoxy groups -OCH3 is 1. The molecule has 0 spiro atoms. The van der Waals surface area contributed by atoms with Crippen LogP contribution in [0.2, 0.25) is 0 Å². The molecule has 0 amide bonds. The van der Waals surface area contributed by atoms with Crippen LogP contribution in [0, 0.1) is 0 Å². The Morgan fingerprint density at radius 2 is 2.78 bits per heavy atom. The standard InChI is InChI=1S/C5H7N3O/c1-9-4-2-3-7-5(6)8-4/h2-3H,1H3,(H2,6,7,8)/i1D. The number of nitrogens with zero attached hydrogens (tertiary/aromatic N) is 2. The van der Waals surface area contributed by atoms with Gasteiger partial charge in [-0.05, 0) is 0 Å². The fourth-order valence-electron chi connectivity index (χ4n) is 0.437. The van der Waals surface area contributed by atoms with Crippen LogP contribution in [0.1, 0.15) is 1.37 Å². The zero-order chi connectivity index (χ0) is 7.40. The minimum atomic E-state index is -0.156. The van der Waals surface area contributed by atoms with Crippen LogP contribution in [-0.2, 0) is 0 Å².